The van der Waals surface area contributed by atoms with Gasteiger partial charge in [-0.3, -0.25) is 9.10 Å². The van der Waals surface area contributed by atoms with E-state index in [1.165, 1.54) is 4.31 Å². The molecule has 0 aliphatic heterocycles. The summed E-state index contributed by atoms with van der Waals surface area (Å²) in [6.45, 7) is 5.36. The number of nitrogens with one attached hydrogen (secondary N) is 1. The van der Waals surface area contributed by atoms with Gasteiger partial charge in [0.05, 0.1) is 18.0 Å². The van der Waals surface area contributed by atoms with E-state index >= 15 is 0 Å². The maximum absolute atomic E-state index is 13.3. The Morgan fingerprint density at radius 3 is 1.87 bits per heavy atom. The molecule has 0 radical (unpaired) electrons. The maximum Gasteiger partial charge on any atom is 0.244 e. The van der Waals surface area contributed by atoms with E-state index in [2.05, 4.69) is 5.32 Å². The first-order valence-electron chi connectivity index (χ1n) is 10.2. The molecule has 0 aliphatic carbocycles. The summed E-state index contributed by atoms with van der Waals surface area (Å²) in [5.74, 6) is -0.371. The van der Waals surface area contributed by atoms with Gasteiger partial charge in [0.25, 0.3) is 0 Å². The number of sulfonamides is 1. The first kappa shape index (κ1) is 22.6. The van der Waals surface area contributed by atoms with Gasteiger partial charge in [-0.1, -0.05) is 72.8 Å². The lowest BCUT2D eigenvalue weighted by molar-refractivity contribution is -0.122. The van der Waals surface area contributed by atoms with Gasteiger partial charge < -0.3 is 5.32 Å². The van der Waals surface area contributed by atoms with Crippen LogP contribution in [0.4, 0.5) is 5.69 Å². The highest BCUT2D eigenvalue weighted by Gasteiger charge is 2.31. The largest absolute Gasteiger partial charge is 0.343 e. The van der Waals surface area contributed by atoms with E-state index in [4.69, 9.17) is 0 Å². The van der Waals surface area contributed by atoms with Gasteiger partial charge in [0.2, 0.25) is 15.9 Å². The van der Waals surface area contributed by atoms with Crippen LogP contribution in [-0.2, 0) is 14.8 Å². The van der Waals surface area contributed by atoms with E-state index in [9.17, 15) is 13.2 Å². The minimum atomic E-state index is -3.69. The van der Waals surface area contributed by atoms with Crippen molar-refractivity contribution < 1.29 is 13.2 Å². The normalized spacial score (nSPS) is 12.4. The number of anilines is 1. The second-order valence-electron chi connectivity index (χ2n) is 7.79. The summed E-state index contributed by atoms with van der Waals surface area (Å²) in [5, 5.41) is 3.06. The van der Waals surface area contributed by atoms with Crippen molar-refractivity contribution in [1.29, 1.82) is 0 Å². The van der Waals surface area contributed by atoms with E-state index in [1.807, 2.05) is 86.6 Å². The van der Waals surface area contributed by atoms with Gasteiger partial charge in [0, 0.05) is 0 Å². The second kappa shape index (κ2) is 9.35. The Kier molecular flexibility index (Phi) is 6.81. The van der Waals surface area contributed by atoms with E-state index in [-0.39, 0.29) is 5.91 Å². The molecule has 0 aliphatic rings. The molecule has 1 atom stereocenters. The summed E-state index contributed by atoms with van der Waals surface area (Å²) in [6, 6.07) is 23.6. The highest BCUT2D eigenvalue weighted by molar-refractivity contribution is 7.92. The van der Waals surface area contributed by atoms with E-state index in [0.717, 1.165) is 28.5 Å². The summed E-state index contributed by atoms with van der Waals surface area (Å²) in [5.41, 5.74) is 4.08. The number of carbonyl (C=O) groups is 1. The zero-order valence-corrected chi connectivity index (χ0v) is 19.1. The van der Waals surface area contributed by atoms with E-state index in [1.54, 1.807) is 13.0 Å². The van der Waals surface area contributed by atoms with E-state index < -0.39 is 22.1 Å². The number of benzene rings is 3. The number of aryl methyl sites for hydroxylation is 2. The summed E-state index contributed by atoms with van der Waals surface area (Å²) < 4.78 is 26.6. The fraction of sp³-hybridized carbons (Fsp3) is 0.240. The summed E-state index contributed by atoms with van der Waals surface area (Å²) in [4.78, 5) is 13.3. The lowest BCUT2D eigenvalue weighted by Gasteiger charge is -2.31. The van der Waals surface area contributed by atoms with Crippen molar-refractivity contribution in [1.82, 2.24) is 5.32 Å². The molecule has 0 saturated carbocycles. The van der Waals surface area contributed by atoms with Crippen LogP contribution in [0.5, 0.6) is 0 Å². The molecule has 0 heterocycles. The Labute approximate surface area is 184 Å². The van der Waals surface area contributed by atoms with Crippen LogP contribution in [0.25, 0.3) is 0 Å². The second-order valence-corrected chi connectivity index (χ2v) is 9.65. The first-order chi connectivity index (χ1) is 14.7. The Morgan fingerprint density at radius 1 is 0.871 bits per heavy atom. The molecule has 0 bridgehead atoms. The van der Waals surface area contributed by atoms with Crippen molar-refractivity contribution in [2.45, 2.75) is 32.9 Å². The van der Waals surface area contributed by atoms with Crippen LogP contribution in [0, 0.1) is 13.8 Å². The van der Waals surface area contributed by atoms with Crippen molar-refractivity contribution in [2.24, 2.45) is 0 Å². The van der Waals surface area contributed by atoms with Crippen LogP contribution in [0.3, 0.4) is 0 Å². The van der Waals surface area contributed by atoms with Gasteiger partial charge in [-0.05, 0) is 49.1 Å². The van der Waals surface area contributed by atoms with Crippen molar-refractivity contribution in [2.75, 3.05) is 10.6 Å². The van der Waals surface area contributed by atoms with Crippen LogP contribution >= 0.6 is 0 Å². The molecule has 0 aromatic heterocycles. The molecule has 5 nitrogen and oxygen atoms in total. The highest BCUT2D eigenvalue weighted by atomic mass is 32.2. The van der Waals surface area contributed by atoms with Gasteiger partial charge >= 0.3 is 0 Å². The molecule has 0 spiro atoms. The lowest BCUT2D eigenvalue weighted by atomic mass is 9.98. The predicted molar refractivity (Wildman–Crippen MR) is 126 cm³/mol. The molecule has 0 saturated heterocycles. The molecular weight excluding hydrogens is 408 g/mol. The predicted octanol–water partition coefficient (Wildman–Crippen LogP) is 4.36. The fourth-order valence-corrected chi connectivity index (χ4v) is 4.87. The number of carbonyl (C=O) groups excluding carboxylic acids is 1. The Morgan fingerprint density at radius 2 is 1.39 bits per heavy atom. The Balaban J connectivity index is 1.97. The van der Waals surface area contributed by atoms with Gasteiger partial charge in [0.1, 0.15) is 6.04 Å². The van der Waals surface area contributed by atoms with Crippen molar-refractivity contribution in [3.05, 3.63) is 101 Å². The number of hydrogen-bond acceptors (Lipinski definition) is 3. The summed E-state index contributed by atoms with van der Waals surface area (Å²) in [7, 11) is -3.69. The van der Waals surface area contributed by atoms with Crippen LogP contribution in [0.15, 0.2) is 78.9 Å². The third-order valence-electron chi connectivity index (χ3n) is 5.24. The van der Waals surface area contributed by atoms with Crippen molar-refractivity contribution >= 4 is 21.6 Å². The zero-order chi connectivity index (χ0) is 22.6. The Hall–Kier alpha value is -3.12. The van der Waals surface area contributed by atoms with Crippen LogP contribution in [-0.4, -0.2) is 26.6 Å². The van der Waals surface area contributed by atoms with Crippen LogP contribution in [0.1, 0.15) is 35.2 Å². The topological polar surface area (TPSA) is 66.5 Å². The quantitative estimate of drug-likeness (QED) is 0.598. The Bertz CT molecular complexity index is 1110. The monoisotopic (exact) mass is 436 g/mol. The van der Waals surface area contributed by atoms with Gasteiger partial charge in [-0.15, -0.1) is 0 Å². The van der Waals surface area contributed by atoms with Crippen LogP contribution < -0.4 is 9.62 Å². The van der Waals surface area contributed by atoms with Crippen LogP contribution in [0.2, 0.25) is 0 Å². The molecule has 3 rings (SSSR count). The van der Waals surface area contributed by atoms with Crippen molar-refractivity contribution in [3.8, 4) is 0 Å². The molecule has 1 N–H and O–H groups in total. The molecule has 0 unspecified atom stereocenters. The molecule has 0 fully saturated rings. The number of rotatable bonds is 7. The molecule has 3 aromatic rings. The fourth-order valence-electron chi connectivity index (χ4n) is 3.65. The molecule has 162 valence electrons. The molecule has 1 amide bonds. The summed E-state index contributed by atoms with van der Waals surface area (Å²) in [6.07, 6.45) is 1.13. The van der Waals surface area contributed by atoms with Crippen molar-refractivity contribution in [3.63, 3.8) is 0 Å². The molecule has 31 heavy (non-hydrogen) atoms. The minimum Gasteiger partial charge on any atom is -0.343 e. The highest BCUT2D eigenvalue weighted by Crippen LogP contribution is 2.27. The van der Waals surface area contributed by atoms with Gasteiger partial charge in [-0.25, -0.2) is 8.42 Å². The average Bonchev–Trinajstić information content (AvgIpc) is 2.74. The number of hydrogen-bond donors (Lipinski definition) is 1. The van der Waals surface area contributed by atoms with Gasteiger partial charge in [0.15, 0.2) is 0 Å². The SMILES string of the molecule is Cc1ccc(C)c(N([C@@H](C)C(=O)NC(c2ccccc2)c2ccccc2)S(C)(=O)=O)c1. The minimum absolute atomic E-state index is 0.371. The average molecular weight is 437 g/mol. The maximum atomic E-state index is 13.3. The molecule has 6 heteroatoms. The third kappa shape index (κ3) is 5.33. The lowest BCUT2D eigenvalue weighted by Crippen LogP contribution is -2.49. The number of amides is 1. The van der Waals surface area contributed by atoms with E-state index in [0.29, 0.717) is 5.69 Å². The first-order valence-corrected chi connectivity index (χ1v) is 12.0. The third-order valence-corrected chi connectivity index (χ3v) is 6.47. The van der Waals surface area contributed by atoms with Gasteiger partial charge in [-0.2, -0.15) is 0 Å². The standard InChI is InChI=1S/C25H28N2O3S/c1-18-15-16-19(2)23(17-18)27(31(4,29)30)20(3)25(28)26-24(21-11-7-5-8-12-21)22-13-9-6-10-14-22/h5-17,20,24H,1-4H3,(H,26,28)/t20-/m0/s1. The smallest absolute Gasteiger partial charge is 0.244 e. The molecule has 3 aromatic carbocycles. The molecular formula is C25H28N2O3S. The zero-order valence-electron chi connectivity index (χ0n) is 18.2. The summed E-state index contributed by atoms with van der Waals surface area (Å²) >= 11 is 0. The number of nitrogens with zero attached hydrogens (tertiary/aromatic N) is 1.